The summed E-state index contributed by atoms with van der Waals surface area (Å²) in [6.07, 6.45) is 6.54. The summed E-state index contributed by atoms with van der Waals surface area (Å²) in [5.74, 6) is 0.259. The van der Waals surface area contributed by atoms with Crippen LogP contribution >= 0.6 is 0 Å². The van der Waals surface area contributed by atoms with Crippen molar-refractivity contribution in [2.24, 2.45) is 0 Å². The molecule has 6 nitrogen and oxygen atoms in total. The van der Waals surface area contributed by atoms with Gasteiger partial charge in [0.25, 0.3) is 0 Å². The summed E-state index contributed by atoms with van der Waals surface area (Å²) < 4.78 is 20.2. The van der Waals surface area contributed by atoms with Gasteiger partial charge in [-0.2, -0.15) is 0 Å². The van der Waals surface area contributed by atoms with Crippen molar-refractivity contribution in [3.8, 4) is 11.1 Å². The number of hydrogen-bond acceptors (Lipinski definition) is 6. The van der Waals surface area contributed by atoms with E-state index in [0.29, 0.717) is 42.4 Å². The van der Waals surface area contributed by atoms with Crippen molar-refractivity contribution in [3.63, 3.8) is 0 Å². The fourth-order valence-electron chi connectivity index (χ4n) is 5.05. The number of anilines is 3. The third-order valence-electron chi connectivity index (χ3n) is 6.85. The molecular weight excluding hydrogens is 407 g/mol. The molecule has 1 spiro atoms. The van der Waals surface area contributed by atoms with Crippen LogP contribution in [0.2, 0.25) is 0 Å². The van der Waals surface area contributed by atoms with Crippen molar-refractivity contribution < 1.29 is 13.9 Å². The molecule has 32 heavy (non-hydrogen) atoms. The number of halogens is 1. The lowest BCUT2D eigenvalue weighted by atomic mass is 9.80. The van der Waals surface area contributed by atoms with Crippen LogP contribution in [0.15, 0.2) is 48.8 Å². The summed E-state index contributed by atoms with van der Waals surface area (Å²) in [6, 6.07) is 11.0. The van der Waals surface area contributed by atoms with Crippen LogP contribution in [0.3, 0.4) is 0 Å². The van der Waals surface area contributed by atoms with Crippen molar-refractivity contribution in [3.05, 3.63) is 65.7 Å². The van der Waals surface area contributed by atoms with E-state index in [9.17, 15) is 9.18 Å². The summed E-state index contributed by atoms with van der Waals surface area (Å²) in [4.78, 5) is 24.8. The number of aldehydes is 1. The van der Waals surface area contributed by atoms with Crippen LogP contribution in [-0.4, -0.2) is 49.1 Å². The normalized spacial score (nSPS) is 18.7. The zero-order chi connectivity index (χ0) is 21.7. The Bertz CT molecular complexity index is 1190. The average Bonchev–Trinajstić information content (AvgIpc) is 3.46. The Kier molecular flexibility index (Phi) is 4.47. The van der Waals surface area contributed by atoms with Gasteiger partial charge in [0.05, 0.1) is 18.6 Å². The van der Waals surface area contributed by atoms with E-state index in [0.717, 1.165) is 36.3 Å². The van der Waals surface area contributed by atoms with E-state index >= 15 is 0 Å². The van der Waals surface area contributed by atoms with E-state index in [2.05, 4.69) is 14.9 Å². The van der Waals surface area contributed by atoms with E-state index in [1.807, 2.05) is 35.2 Å². The fraction of sp³-hybridized carbons (Fsp3) is 0.320. The first-order valence-electron chi connectivity index (χ1n) is 11.0. The Morgan fingerprint density at radius 2 is 1.81 bits per heavy atom. The van der Waals surface area contributed by atoms with Crippen LogP contribution in [0.4, 0.5) is 21.7 Å². The topological polar surface area (TPSA) is 58.6 Å². The Hall–Kier alpha value is -3.32. The van der Waals surface area contributed by atoms with E-state index in [1.54, 1.807) is 12.4 Å². The van der Waals surface area contributed by atoms with E-state index in [4.69, 9.17) is 4.74 Å². The van der Waals surface area contributed by atoms with E-state index < -0.39 is 0 Å². The lowest BCUT2D eigenvalue weighted by Gasteiger charge is -2.38. The molecule has 2 fully saturated rings. The quantitative estimate of drug-likeness (QED) is 0.581. The molecule has 0 amide bonds. The van der Waals surface area contributed by atoms with E-state index in [-0.39, 0.29) is 11.2 Å². The standard InChI is InChI=1S/C25H23FN4O2/c26-22-6-4-19(29-7-1-2-8-29)10-20(22)18-11-27-24(28-12-18)30-14-25(15-32-16-25)21-5-3-17(13-31)9-23(21)30/h3-6,9-13H,1-2,7-8,14-16H2. The molecule has 1 aromatic heterocycles. The van der Waals surface area contributed by atoms with Crippen molar-refractivity contribution in [2.45, 2.75) is 18.3 Å². The Morgan fingerprint density at radius 3 is 2.50 bits per heavy atom. The van der Waals surface area contributed by atoms with Gasteiger partial charge < -0.3 is 14.5 Å². The van der Waals surface area contributed by atoms with Crippen molar-refractivity contribution in [1.29, 1.82) is 0 Å². The fourth-order valence-corrected chi connectivity index (χ4v) is 5.05. The molecule has 0 aliphatic carbocycles. The maximum atomic E-state index is 14.6. The van der Waals surface area contributed by atoms with Crippen LogP contribution in [-0.2, 0) is 10.2 Å². The molecule has 162 valence electrons. The van der Waals surface area contributed by atoms with Crippen LogP contribution in [0.25, 0.3) is 11.1 Å². The van der Waals surface area contributed by atoms with Gasteiger partial charge in [0.1, 0.15) is 12.1 Å². The van der Waals surface area contributed by atoms with Gasteiger partial charge in [0, 0.05) is 60.1 Å². The first-order chi connectivity index (χ1) is 15.7. The lowest BCUT2D eigenvalue weighted by Crippen LogP contribution is -2.49. The zero-order valence-corrected chi connectivity index (χ0v) is 17.6. The predicted molar refractivity (Wildman–Crippen MR) is 120 cm³/mol. The molecule has 0 N–H and O–H groups in total. The van der Waals surface area contributed by atoms with Crippen molar-refractivity contribution >= 4 is 23.6 Å². The summed E-state index contributed by atoms with van der Waals surface area (Å²) >= 11 is 0. The van der Waals surface area contributed by atoms with Crippen LogP contribution in [0, 0.1) is 5.82 Å². The highest BCUT2D eigenvalue weighted by atomic mass is 19.1. The molecule has 6 rings (SSSR count). The Labute approximate surface area is 185 Å². The molecule has 2 aromatic carbocycles. The number of nitrogens with zero attached hydrogens (tertiary/aromatic N) is 4. The molecule has 0 radical (unpaired) electrons. The number of rotatable bonds is 4. The molecule has 2 saturated heterocycles. The van der Waals surface area contributed by atoms with Gasteiger partial charge >= 0.3 is 0 Å². The summed E-state index contributed by atoms with van der Waals surface area (Å²) in [6.45, 7) is 3.99. The van der Waals surface area contributed by atoms with Crippen LogP contribution in [0.5, 0.6) is 0 Å². The van der Waals surface area contributed by atoms with Crippen molar-refractivity contribution in [1.82, 2.24) is 9.97 Å². The largest absolute Gasteiger partial charge is 0.379 e. The monoisotopic (exact) mass is 430 g/mol. The van der Waals surface area contributed by atoms with Gasteiger partial charge in [0.15, 0.2) is 0 Å². The maximum absolute atomic E-state index is 14.6. The molecular formula is C25H23FN4O2. The smallest absolute Gasteiger partial charge is 0.229 e. The summed E-state index contributed by atoms with van der Waals surface area (Å²) in [7, 11) is 0. The highest BCUT2D eigenvalue weighted by Gasteiger charge is 2.49. The summed E-state index contributed by atoms with van der Waals surface area (Å²) in [5.41, 5.74) is 4.81. The maximum Gasteiger partial charge on any atom is 0.229 e. The second-order valence-electron chi connectivity index (χ2n) is 8.88. The average molecular weight is 430 g/mol. The third kappa shape index (κ3) is 2.99. The zero-order valence-electron chi connectivity index (χ0n) is 17.6. The van der Waals surface area contributed by atoms with Crippen LogP contribution in [0.1, 0.15) is 28.8 Å². The molecule has 0 saturated carbocycles. The second-order valence-corrected chi connectivity index (χ2v) is 8.88. The number of hydrogen-bond donors (Lipinski definition) is 0. The first-order valence-corrected chi connectivity index (χ1v) is 11.0. The molecule has 3 aromatic rings. The third-order valence-corrected chi connectivity index (χ3v) is 6.85. The minimum absolute atomic E-state index is 0.0883. The van der Waals surface area contributed by atoms with Gasteiger partial charge in [-0.15, -0.1) is 0 Å². The molecule has 3 aliphatic heterocycles. The van der Waals surface area contributed by atoms with Gasteiger partial charge in [-0.1, -0.05) is 12.1 Å². The predicted octanol–water partition coefficient (Wildman–Crippen LogP) is 4.12. The SMILES string of the molecule is O=Cc1ccc2c(c1)N(c1ncc(-c3cc(N4CCCC4)ccc3F)cn1)CC21COC1. The molecule has 0 atom stereocenters. The highest BCUT2D eigenvalue weighted by molar-refractivity contribution is 5.81. The highest BCUT2D eigenvalue weighted by Crippen LogP contribution is 2.47. The van der Waals surface area contributed by atoms with Gasteiger partial charge in [-0.05, 0) is 42.7 Å². The Balaban J connectivity index is 1.34. The first kappa shape index (κ1) is 19.4. The molecule has 0 bridgehead atoms. The van der Waals surface area contributed by atoms with Gasteiger partial charge in [-0.25, -0.2) is 14.4 Å². The van der Waals surface area contributed by atoms with Crippen LogP contribution < -0.4 is 9.80 Å². The number of aromatic nitrogens is 2. The molecule has 7 heteroatoms. The number of fused-ring (bicyclic) bond motifs is 2. The number of carbonyl (C=O) groups excluding carboxylic acids is 1. The van der Waals surface area contributed by atoms with Gasteiger partial charge in [-0.3, -0.25) is 4.79 Å². The van der Waals surface area contributed by atoms with E-state index in [1.165, 1.54) is 18.9 Å². The van der Waals surface area contributed by atoms with Crippen molar-refractivity contribution in [2.75, 3.05) is 42.6 Å². The minimum atomic E-state index is -0.281. The number of benzene rings is 2. The molecule has 4 heterocycles. The summed E-state index contributed by atoms with van der Waals surface area (Å²) in [5, 5.41) is 0. The lowest BCUT2D eigenvalue weighted by molar-refractivity contribution is -0.0507. The Morgan fingerprint density at radius 1 is 1.03 bits per heavy atom. The second kappa shape index (κ2) is 7.38. The molecule has 0 unspecified atom stereocenters. The van der Waals surface area contributed by atoms with Gasteiger partial charge in [0.2, 0.25) is 5.95 Å². The molecule has 3 aliphatic rings. The number of ether oxygens (including phenoxy) is 1. The number of carbonyl (C=O) groups is 1. The minimum Gasteiger partial charge on any atom is -0.379 e.